The van der Waals surface area contributed by atoms with Crippen molar-refractivity contribution in [1.82, 2.24) is 5.32 Å². The topological polar surface area (TPSA) is 21.3 Å². The van der Waals surface area contributed by atoms with Gasteiger partial charge in [0.1, 0.15) is 21.8 Å². The van der Waals surface area contributed by atoms with Gasteiger partial charge in [-0.3, -0.25) is 0 Å². The van der Waals surface area contributed by atoms with Crippen LogP contribution in [0.1, 0.15) is 0 Å². The first-order valence-electron chi connectivity index (χ1n) is 4.92. The van der Waals surface area contributed by atoms with E-state index in [1.165, 1.54) is 0 Å². The molecule has 0 aromatic heterocycles. The van der Waals surface area contributed by atoms with Crippen molar-refractivity contribution in [3.8, 4) is 5.75 Å². The number of rotatable bonds is 2. The summed E-state index contributed by atoms with van der Waals surface area (Å²) < 4.78 is 32.2. The number of nitrogens with one attached hydrogen (secondary N) is 1. The summed E-state index contributed by atoms with van der Waals surface area (Å²) in [6.45, 7) is 1.38. The lowest BCUT2D eigenvalue weighted by atomic mass is 9.86. The second-order valence-electron chi connectivity index (χ2n) is 3.87. The Hall–Kier alpha value is -1.03. The smallest absolute Gasteiger partial charge is 0.199 e. The Kier molecular flexibility index (Phi) is 2.69. The van der Waals surface area contributed by atoms with Gasteiger partial charge in [-0.05, 0) is 5.46 Å². The third-order valence-electron chi connectivity index (χ3n) is 2.56. The third-order valence-corrected chi connectivity index (χ3v) is 2.56. The normalized spacial score (nSPS) is 16.1. The van der Waals surface area contributed by atoms with Gasteiger partial charge in [0.2, 0.25) is 0 Å². The van der Waals surface area contributed by atoms with Crippen molar-refractivity contribution in [2.45, 2.75) is 6.10 Å². The molecule has 0 radical (unpaired) electrons. The number of hydrogen-bond donors (Lipinski definition) is 1. The highest BCUT2D eigenvalue weighted by atomic mass is 19.2. The van der Waals surface area contributed by atoms with Crippen LogP contribution in [0.4, 0.5) is 8.78 Å². The second-order valence-corrected chi connectivity index (χ2v) is 3.87. The van der Waals surface area contributed by atoms with Crippen molar-refractivity contribution < 1.29 is 13.5 Å². The molecule has 1 saturated heterocycles. The van der Waals surface area contributed by atoms with Gasteiger partial charge in [-0.25, -0.2) is 4.39 Å². The Balaban J connectivity index is 2.32. The van der Waals surface area contributed by atoms with Gasteiger partial charge in [-0.2, -0.15) is 4.39 Å². The summed E-state index contributed by atoms with van der Waals surface area (Å²) in [7, 11) is 3.26. The molecule has 0 bridgehead atoms. The molecule has 1 heterocycles. The lowest BCUT2D eigenvalue weighted by Crippen LogP contribution is -2.51. The zero-order valence-corrected chi connectivity index (χ0v) is 8.73. The minimum atomic E-state index is -0.876. The van der Waals surface area contributed by atoms with E-state index in [-0.39, 0.29) is 11.9 Å². The molecular formula is C9H11B2F2NO. The number of halogens is 2. The highest BCUT2D eigenvalue weighted by Crippen LogP contribution is 2.17. The predicted molar refractivity (Wildman–Crippen MR) is 60.0 cm³/mol. The molecule has 6 heteroatoms. The Morgan fingerprint density at radius 3 is 2.40 bits per heavy atom. The minimum Gasteiger partial charge on any atom is -0.485 e. The van der Waals surface area contributed by atoms with E-state index in [0.29, 0.717) is 24.0 Å². The fourth-order valence-electron chi connectivity index (χ4n) is 1.56. The van der Waals surface area contributed by atoms with E-state index in [4.69, 9.17) is 4.74 Å². The van der Waals surface area contributed by atoms with Gasteiger partial charge in [-0.1, -0.05) is 11.5 Å². The molecule has 1 aliphatic heterocycles. The van der Waals surface area contributed by atoms with Gasteiger partial charge in [0.15, 0.2) is 17.4 Å². The Labute approximate surface area is 88.8 Å². The molecule has 1 N–H and O–H groups in total. The van der Waals surface area contributed by atoms with Crippen LogP contribution in [0, 0.1) is 11.6 Å². The molecule has 15 heavy (non-hydrogen) atoms. The van der Waals surface area contributed by atoms with Crippen LogP contribution < -0.4 is 21.0 Å². The maximum absolute atomic E-state index is 13.5. The van der Waals surface area contributed by atoms with Crippen molar-refractivity contribution in [2.75, 3.05) is 13.1 Å². The van der Waals surface area contributed by atoms with Crippen LogP contribution in [0.15, 0.2) is 6.07 Å². The zero-order chi connectivity index (χ0) is 11.0. The molecule has 0 atom stereocenters. The summed E-state index contributed by atoms with van der Waals surface area (Å²) in [5, 5.41) is 3.01. The molecular weight excluding hydrogens is 198 g/mol. The van der Waals surface area contributed by atoms with Crippen LogP contribution in [-0.4, -0.2) is 34.9 Å². The van der Waals surface area contributed by atoms with Gasteiger partial charge in [0.25, 0.3) is 0 Å². The second kappa shape index (κ2) is 3.85. The van der Waals surface area contributed by atoms with Crippen molar-refractivity contribution in [3.63, 3.8) is 0 Å². The molecule has 2 rings (SSSR count). The molecule has 78 valence electrons. The Bertz CT molecular complexity index is 396. The standard InChI is InChI=1S/C9H11B2F2NO/c10-5-1-6(11)9(8(13)7(5)12)15-4-2-14-3-4/h1,4,14H,2-3,10-11H2. The van der Waals surface area contributed by atoms with Crippen LogP contribution in [0.3, 0.4) is 0 Å². The molecule has 1 aromatic rings. The van der Waals surface area contributed by atoms with E-state index in [2.05, 4.69) is 5.32 Å². The molecule has 0 saturated carbocycles. The predicted octanol–water partition coefficient (Wildman–Crippen LogP) is -2.17. The Morgan fingerprint density at radius 2 is 1.87 bits per heavy atom. The van der Waals surface area contributed by atoms with E-state index < -0.39 is 11.6 Å². The molecule has 0 spiro atoms. The van der Waals surface area contributed by atoms with E-state index in [1.54, 1.807) is 21.8 Å². The molecule has 0 amide bonds. The maximum atomic E-state index is 13.5. The van der Waals surface area contributed by atoms with Crippen LogP contribution in [0.25, 0.3) is 0 Å². The number of hydrogen-bond acceptors (Lipinski definition) is 2. The highest BCUT2D eigenvalue weighted by molar-refractivity contribution is 6.39. The summed E-state index contributed by atoms with van der Waals surface area (Å²) >= 11 is 0. The first-order chi connectivity index (χ1) is 7.09. The van der Waals surface area contributed by atoms with E-state index in [9.17, 15) is 8.78 Å². The van der Waals surface area contributed by atoms with E-state index >= 15 is 0 Å². The van der Waals surface area contributed by atoms with Gasteiger partial charge in [-0.15, -0.1) is 0 Å². The van der Waals surface area contributed by atoms with E-state index in [1.807, 2.05) is 0 Å². The van der Waals surface area contributed by atoms with Gasteiger partial charge >= 0.3 is 0 Å². The quantitative estimate of drug-likeness (QED) is 0.559. The number of ether oxygens (including phenoxy) is 1. The molecule has 1 fully saturated rings. The lowest BCUT2D eigenvalue weighted by Gasteiger charge is -2.29. The molecule has 0 unspecified atom stereocenters. The van der Waals surface area contributed by atoms with Crippen LogP contribution in [0.2, 0.25) is 0 Å². The van der Waals surface area contributed by atoms with Gasteiger partial charge in [0, 0.05) is 13.1 Å². The molecule has 2 nitrogen and oxygen atoms in total. The van der Waals surface area contributed by atoms with Crippen LogP contribution in [0.5, 0.6) is 5.75 Å². The average molecular weight is 209 g/mol. The summed E-state index contributed by atoms with van der Waals surface area (Å²) in [4.78, 5) is 0. The average Bonchev–Trinajstić information content (AvgIpc) is 2.11. The molecule has 1 aromatic carbocycles. The Morgan fingerprint density at radius 1 is 1.20 bits per heavy atom. The largest absolute Gasteiger partial charge is 0.485 e. The first-order valence-corrected chi connectivity index (χ1v) is 4.92. The van der Waals surface area contributed by atoms with Crippen LogP contribution >= 0.6 is 0 Å². The van der Waals surface area contributed by atoms with Crippen molar-refractivity contribution in [2.24, 2.45) is 0 Å². The summed E-state index contributed by atoms with van der Waals surface area (Å²) in [6, 6.07) is 1.60. The maximum Gasteiger partial charge on any atom is 0.199 e. The van der Waals surface area contributed by atoms with Crippen molar-refractivity contribution in [3.05, 3.63) is 17.7 Å². The van der Waals surface area contributed by atoms with Crippen LogP contribution in [-0.2, 0) is 0 Å². The monoisotopic (exact) mass is 209 g/mol. The van der Waals surface area contributed by atoms with E-state index in [0.717, 1.165) is 0 Å². The summed E-state index contributed by atoms with van der Waals surface area (Å²) in [6.07, 6.45) is -0.0414. The molecule has 0 aliphatic carbocycles. The molecule has 1 aliphatic rings. The highest BCUT2D eigenvalue weighted by Gasteiger charge is 2.23. The number of benzene rings is 1. The van der Waals surface area contributed by atoms with Crippen molar-refractivity contribution >= 4 is 26.6 Å². The first kappa shape index (κ1) is 10.5. The summed E-state index contributed by atoms with van der Waals surface area (Å²) in [5.41, 5.74) is 0.947. The van der Waals surface area contributed by atoms with Gasteiger partial charge < -0.3 is 10.1 Å². The van der Waals surface area contributed by atoms with Gasteiger partial charge in [0.05, 0.1) is 0 Å². The SMILES string of the molecule is Bc1cc(B)c(OC2CNC2)c(F)c1F. The lowest BCUT2D eigenvalue weighted by molar-refractivity contribution is 0.136. The van der Waals surface area contributed by atoms with Crippen molar-refractivity contribution in [1.29, 1.82) is 0 Å². The third kappa shape index (κ3) is 1.86. The minimum absolute atomic E-state index is 0.0414. The summed E-state index contributed by atoms with van der Waals surface area (Å²) in [5.74, 6) is -1.65. The fraction of sp³-hybridized carbons (Fsp3) is 0.333. The zero-order valence-electron chi connectivity index (χ0n) is 8.73. The fourth-order valence-corrected chi connectivity index (χ4v) is 1.56.